The highest BCUT2D eigenvalue weighted by molar-refractivity contribution is 5.92. The van der Waals surface area contributed by atoms with Crippen molar-refractivity contribution in [3.8, 4) is 0 Å². The molecule has 1 saturated heterocycles. The van der Waals surface area contributed by atoms with Gasteiger partial charge < -0.3 is 10.2 Å². The molecule has 0 saturated carbocycles. The molecule has 3 heterocycles. The van der Waals surface area contributed by atoms with E-state index >= 15 is 0 Å². The van der Waals surface area contributed by atoms with Crippen LogP contribution in [-0.4, -0.2) is 40.2 Å². The molecule has 1 aromatic carbocycles. The lowest BCUT2D eigenvalue weighted by Crippen LogP contribution is -2.36. The van der Waals surface area contributed by atoms with E-state index < -0.39 is 0 Å². The zero-order valence-electron chi connectivity index (χ0n) is 13.2. The number of hydrogen-bond acceptors (Lipinski definition) is 3. The molecule has 0 spiro atoms. The number of carbonyl (C=O) groups excluding carboxylic acids is 1. The molecule has 5 nitrogen and oxygen atoms in total. The van der Waals surface area contributed by atoms with Gasteiger partial charge in [0.1, 0.15) is 5.69 Å². The Morgan fingerprint density at radius 3 is 2.91 bits per heavy atom. The van der Waals surface area contributed by atoms with Gasteiger partial charge in [0, 0.05) is 25.8 Å². The number of nitrogens with zero attached hydrogens (tertiary/aromatic N) is 3. The molecule has 1 aromatic heterocycles. The van der Waals surface area contributed by atoms with Crippen molar-refractivity contribution in [3.05, 3.63) is 53.3 Å². The molecule has 1 unspecified atom stereocenters. The molecule has 1 atom stereocenters. The summed E-state index contributed by atoms with van der Waals surface area (Å²) in [7, 11) is 0. The second-order valence-electron chi connectivity index (χ2n) is 6.43. The third kappa shape index (κ3) is 2.88. The molecule has 0 radical (unpaired) electrons. The normalized spacial score (nSPS) is 21.0. The number of piperidine rings is 1. The Hall–Kier alpha value is -2.14. The van der Waals surface area contributed by atoms with E-state index in [9.17, 15) is 4.79 Å². The van der Waals surface area contributed by atoms with E-state index in [1.165, 1.54) is 11.1 Å². The molecule has 1 fully saturated rings. The fraction of sp³-hybridized carbons (Fsp3) is 0.444. The molecule has 1 amide bonds. The van der Waals surface area contributed by atoms with Crippen molar-refractivity contribution in [2.24, 2.45) is 0 Å². The fourth-order valence-corrected chi connectivity index (χ4v) is 3.55. The SMILES string of the molecule is O=C(c1ccn(C2CCCNC2)n1)N1CCc2ccccc2C1. The molecular formula is C18H22N4O. The molecule has 23 heavy (non-hydrogen) atoms. The lowest BCUT2D eigenvalue weighted by atomic mass is 10.00. The highest BCUT2D eigenvalue weighted by Gasteiger charge is 2.24. The zero-order chi connectivity index (χ0) is 15.6. The minimum absolute atomic E-state index is 0.0435. The Balaban J connectivity index is 1.48. The highest BCUT2D eigenvalue weighted by atomic mass is 16.2. The van der Waals surface area contributed by atoms with Gasteiger partial charge in [-0.1, -0.05) is 24.3 Å². The Morgan fingerprint density at radius 1 is 1.22 bits per heavy atom. The smallest absolute Gasteiger partial charge is 0.274 e. The van der Waals surface area contributed by atoms with Gasteiger partial charge in [0.2, 0.25) is 0 Å². The van der Waals surface area contributed by atoms with Gasteiger partial charge in [0.05, 0.1) is 6.04 Å². The first-order valence-corrected chi connectivity index (χ1v) is 8.43. The van der Waals surface area contributed by atoms with Crippen LogP contribution in [-0.2, 0) is 13.0 Å². The molecule has 4 rings (SSSR count). The van der Waals surface area contributed by atoms with Crippen LogP contribution in [0.5, 0.6) is 0 Å². The predicted molar refractivity (Wildman–Crippen MR) is 88.3 cm³/mol. The molecule has 1 N–H and O–H groups in total. The number of aromatic nitrogens is 2. The van der Waals surface area contributed by atoms with Crippen molar-refractivity contribution >= 4 is 5.91 Å². The Kier molecular flexibility index (Phi) is 3.87. The Labute approximate surface area is 136 Å². The van der Waals surface area contributed by atoms with Crippen LogP contribution in [0.25, 0.3) is 0 Å². The molecule has 0 aliphatic carbocycles. The zero-order valence-corrected chi connectivity index (χ0v) is 13.2. The Morgan fingerprint density at radius 2 is 2.09 bits per heavy atom. The van der Waals surface area contributed by atoms with E-state index in [2.05, 4.69) is 28.6 Å². The van der Waals surface area contributed by atoms with Crippen LogP contribution >= 0.6 is 0 Å². The second-order valence-corrected chi connectivity index (χ2v) is 6.43. The van der Waals surface area contributed by atoms with E-state index in [1.54, 1.807) is 0 Å². The average molecular weight is 310 g/mol. The molecule has 120 valence electrons. The first-order valence-electron chi connectivity index (χ1n) is 8.43. The lowest BCUT2D eigenvalue weighted by Gasteiger charge is -2.28. The summed E-state index contributed by atoms with van der Waals surface area (Å²) in [5.41, 5.74) is 3.17. The number of amides is 1. The average Bonchev–Trinajstić information content (AvgIpc) is 3.11. The van der Waals surface area contributed by atoms with Gasteiger partial charge in [0.15, 0.2) is 0 Å². The molecule has 2 aliphatic rings. The van der Waals surface area contributed by atoms with Crippen molar-refractivity contribution in [1.82, 2.24) is 20.0 Å². The van der Waals surface area contributed by atoms with Crippen LogP contribution in [0.15, 0.2) is 36.5 Å². The van der Waals surface area contributed by atoms with Crippen molar-refractivity contribution < 1.29 is 4.79 Å². The van der Waals surface area contributed by atoms with Gasteiger partial charge >= 0.3 is 0 Å². The standard InChI is InChI=1S/C18H22N4O/c23-18(21-10-7-14-4-1-2-5-15(14)13-21)17-8-11-22(20-17)16-6-3-9-19-12-16/h1-2,4-5,8,11,16,19H,3,6-7,9-10,12-13H2. The summed E-state index contributed by atoms with van der Waals surface area (Å²) in [6, 6.07) is 10.6. The Bertz CT molecular complexity index is 703. The van der Waals surface area contributed by atoms with Crippen LogP contribution in [0.4, 0.5) is 0 Å². The minimum Gasteiger partial charge on any atom is -0.333 e. The number of nitrogens with one attached hydrogen (secondary N) is 1. The summed E-state index contributed by atoms with van der Waals surface area (Å²) in [5.74, 6) is 0.0435. The maximum Gasteiger partial charge on any atom is 0.274 e. The van der Waals surface area contributed by atoms with Crippen LogP contribution in [0.1, 0.15) is 40.5 Å². The quantitative estimate of drug-likeness (QED) is 0.923. The van der Waals surface area contributed by atoms with Gasteiger partial charge in [-0.05, 0) is 43.0 Å². The monoisotopic (exact) mass is 310 g/mol. The first kappa shape index (κ1) is 14.5. The van der Waals surface area contributed by atoms with Crippen LogP contribution in [0.2, 0.25) is 0 Å². The van der Waals surface area contributed by atoms with Gasteiger partial charge in [-0.3, -0.25) is 9.48 Å². The van der Waals surface area contributed by atoms with Crippen LogP contribution in [0.3, 0.4) is 0 Å². The van der Waals surface area contributed by atoms with E-state index in [1.807, 2.05) is 27.9 Å². The second kappa shape index (κ2) is 6.16. The van der Waals surface area contributed by atoms with Crippen molar-refractivity contribution in [2.75, 3.05) is 19.6 Å². The number of hydrogen-bond donors (Lipinski definition) is 1. The topological polar surface area (TPSA) is 50.2 Å². The summed E-state index contributed by atoms with van der Waals surface area (Å²) >= 11 is 0. The number of fused-ring (bicyclic) bond motifs is 1. The third-order valence-corrected chi connectivity index (χ3v) is 4.89. The summed E-state index contributed by atoms with van der Waals surface area (Å²) < 4.78 is 1.96. The van der Waals surface area contributed by atoms with Gasteiger partial charge in [-0.2, -0.15) is 5.10 Å². The lowest BCUT2D eigenvalue weighted by molar-refractivity contribution is 0.0727. The molecule has 2 aliphatic heterocycles. The van der Waals surface area contributed by atoms with Gasteiger partial charge in [0.25, 0.3) is 5.91 Å². The number of benzene rings is 1. The summed E-state index contributed by atoms with van der Waals surface area (Å²) in [4.78, 5) is 14.7. The maximum absolute atomic E-state index is 12.7. The highest BCUT2D eigenvalue weighted by Crippen LogP contribution is 2.21. The molecule has 5 heteroatoms. The summed E-state index contributed by atoms with van der Waals surface area (Å²) in [6.07, 6.45) is 5.16. The van der Waals surface area contributed by atoms with Gasteiger partial charge in [-0.15, -0.1) is 0 Å². The van der Waals surface area contributed by atoms with E-state index in [0.717, 1.165) is 38.9 Å². The molecule has 0 bridgehead atoms. The maximum atomic E-state index is 12.7. The summed E-state index contributed by atoms with van der Waals surface area (Å²) in [6.45, 7) is 3.48. The van der Waals surface area contributed by atoms with Crippen LogP contribution < -0.4 is 5.32 Å². The van der Waals surface area contributed by atoms with E-state index in [-0.39, 0.29) is 5.91 Å². The van der Waals surface area contributed by atoms with E-state index in [0.29, 0.717) is 18.3 Å². The number of rotatable bonds is 2. The first-order chi connectivity index (χ1) is 11.3. The van der Waals surface area contributed by atoms with Crippen LogP contribution in [0, 0.1) is 0 Å². The fourth-order valence-electron chi connectivity index (χ4n) is 3.55. The van der Waals surface area contributed by atoms with Crippen molar-refractivity contribution in [3.63, 3.8) is 0 Å². The third-order valence-electron chi connectivity index (χ3n) is 4.89. The van der Waals surface area contributed by atoms with Crippen molar-refractivity contribution in [1.29, 1.82) is 0 Å². The minimum atomic E-state index is 0.0435. The predicted octanol–water partition coefficient (Wildman–Crippen LogP) is 2.01. The summed E-state index contributed by atoms with van der Waals surface area (Å²) in [5, 5.41) is 7.94. The number of carbonyl (C=O) groups is 1. The largest absolute Gasteiger partial charge is 0.333 e. The van der Waals surface area contributed by atoms with Crippen molar-refractivity contribution in [2.45, 2.75) is 31.8 Å². The molecule has 2 aromatic rings. The molecular weight excluding hydrogens is 288 g/mol. The van der Waals surface area contributed by atoms with Gasteiger partial charge in [-0.25, -0.2) is 0 Å². The van der Waals surface area contributed by atoms with E-state index in [4.69, 9.17) is 0 Å².